The summed E-state index contributed by atoms with van der Waals surface area (Å²) >= 11 is 0. The van der Waals surface area contributed by atoms with E-state index in [2.05, 4.69) is 5.32 Å². The predicted molar refractivity (Wildman–Crippen MR) is 107 cm³/mol. The molecule has 1 N–H and O–H groups in total. The Morgan fingerprint density at radius 1 is 1.11 bits per heavy atom. The van der Waals surface area contributed by atoms with Crippen molar-refractivity contribution >= 4 is 29.9 Å². The summed E-state index contributed by atoms with van der Waals surface area (Å²) in [4.78, 5) is 36.9. The number of hydrogen-bond acceptors (Lipinski definition) is 5. The Bertz CT molecular complexity index is 787. The van der Waals surface area contributed by atoms with Crippen molar-refractivity contribution in [3.8, 4) is 0 Å². The third-order valence-corrected chi connectivity index (χ3v) is 3.62. The SMILES string of the molecule is CC(C)(C)OC(=O)Nc1cccc(/C=C/C2CC(=O)N2C(=O)OC(C)(C)C)c1. The van der Waals surface area contributed by atoms with Crippen molar-refractivity contribution in [2.45, 2.75) is 65.2 Å². The second kappa shape index (κ2) is 8.04. The minimum absolute atomic E-state index is 0.256. The van der Waals surface area contributed by atoms with E-state index in [1.54, 1.807) is 71.9 Å². The number of benzene rings is 1. The third kappa shape index (κ3) is 6.40. The van der Waals surface area contributed by atoms with Gasteiger partial charge in [0.2, 0.25) is 5.91 Å². The molecular formula is C21H28N2O5. The molecule has 1 fully saturated rings. The Hall–Kier alpha value is -2.83. The number of hydrogen-bond donors (Lipinski definition) is 1. The largest absolute Gasteiger partial charge is 0.444 e. The molecule has 0 radical (unpaired) electrons. The molecule has 0 bridgehead atoms. The molecule has 1 aliphatic rings. The van der Waals surface area contributed by atoms with Gasteiger partial charge in [-0.25, -0.2) is 14.5 Å². The van der Waals surface area contributed by atoms with E-state index in [1.807, 2.05) is 6.07 Å². The highest BCUT2D eigenvalue weighted by atomic mass is 16.6. The lowest BCUT2D eigenvalue weighted by atomic mass is 10.0. The molecule has 0 saturated carbocycles. The van der Waals surface area contributed by atoms with Gasteiger partial charge in [-0.2, -0.15) is 0 Å². The number of imide groups is 1. The number of carbonyl (C=O) groups excluding carboxylic acids is 3. The lowest BCUT2D eigenvalue weighted by Crippen LogP contribution is -2.55. The highest BCUT2D eigenvalue weighted by Crippen LogP contribution is 2.25. The molecule has 1 aromatic carbocycles. The maximum absolute atomic E-state index is 12.2. The van der Waals surface area contributed by atoms with Crippen molar-refractivity contribution < 1.29 is 23.9 Å². The molecule has 1 saturated heterocycles. The maximum Gasteiger partial charge on any atom is 0.417 e. The van der Waals surface area contributed by atoms with Crippen molar-refractivity contribution in [1.29, 1.82) is 0 Å². The van der Waals surface area contributed by atoms with Gasteiger partial charge >= 0.3 is 12.2 Å². The number of nitrogens with one attached hydrogen (secondary N) is 1. The molecule has 7 heteroatoms. The summed E-state index contributed by atoms with van der Waals surface area (Å²) in [5, 5.41) is 2.68. The Morgan fingerprint density at radius 2 is 1.75 bits per heavy atom. The molecule has 7 nitrogen and oxygen atoms in total. The summed E-state index contributed by atoms with van der Waals surface area (Å²) in [6, 6.07) is 6.84. The number of amides is 3. The van der Waals surface area contributed by atoms with Crippen LogP contribution in [0.5, 0.6) is 0 Å². The second-order valence-electron chi connectivity index (χ2n) is 8.63. The van der Waals surface area contributed by atoms with E-state index in [0.29, 0.717) is 5.69 Å². The highest BCUT2D eigenvalue weighted by Gasteiger charge is 2.41. The zero-order valence-electron chi connectivity index (χ0n) is 17.2. The van der Waals surface area contributed by atoms with Crippen LogP contribution in [-0.4, -0.2) is 40.2 Å². The molecule has 1 atom stereocenters. The van der Waals surface area contributed by atoms with Crippen molar-refractivity contribution in [2.75, 3.05) is 5.32 Å². The van der Waals surface area contributed by atoms with Gasteiger partial charge in [-0.1, -0.05) is 24.3 Å². The first kappa shape index (κ1) is 21.5. The van der Waals surface area contributed by atoms with E-state index < -0.39 is 23.4 Å². The zero-order chi connectivity index (χ0) is 21.1. The molecular weight excluding hydrogens is 360 g/mol. The number of ether oxygens (including phenoxy) is 2. The molecule has 1 aromatic rings. The molecule has 0 spiro atoms. The quantitative estimate of drug-likeness (QED) is 0.766. The minimum atomic E-state index is -0.664. The van der Waals surface area contributed by atoms with Crippen LogP contribution in [0.4, 0.5) is 15.3 Å². The van der Waals surface area contributed by atoms with E-state index >= 15 is 0 Å². The fourth-order valence-corrected chi connectivity index (χ4v) is 2.51. The van der Waals surface area contributed by atoms with Gasteiger partial charge < -0.3 is 9.47 Å². The van der Waals surface area contributed by atoms with Gasteiger partial charge in [0.05, 0.1) is 12.5 Å². The average Bonchev–Trinajstić information content (AvgIpc) is 2.47. The summed E-state index contributed by atoms with van der Waals surface area (Å²) in [5.74, 6) is -0.260. The van der Waals surface area contributed by atoms with Crippen LogP contribution in [0.15, 0.2) is 30.3 Å². The Labute approximate surface area is 165 Å². The molecule has 1 unspecified atom stereocenters. The summed E-state index contributed by atoms with van der Waals surface area (Å²) in [5.41, 5.74) is 0.161. The van der Waals surface area contributed by atoms with Crippen molar-refractivity contribution in [2.24, 2.45) is 0 Å². The normalized spacial score (nSPS) is 17.3. The number of carbonyl (C=O) groups is 3. The van der Waals surface area contributed by atoms with E-state index in [4.69, 9.17) is 9.47 Å². The number of β-lactam (4-membered cyclic amide) rings is 1. The molecule has 1 heterocycles. The van der Waals surface area contributed by atoms with Gasteiger partial charge in [0.15, 0.2) is 0 Å². The molecule has 1 aliphatic heterocycles. The molecule has 152 valence electrons. The topological polar surface area (TPSA) is 84.9 Å². The number of nitrogens with zero attached hydrogens (tertiary/aromatic N) is 1. The average molecular weight is 388 g/mol. The second-order valence-corrected chi connectivity index (χ2v) is 8.63. The van der Waals surface area contributed by atoms with Crippen LogP contribution in [-0.2, 0) is 14.3 Å². The fourth-order valence-electron chi connectivity index (χ4n) is 2.51. The number of anilines is 1. The van der Waals surface area contributed by atoms with Crippen LogP contribution >= 0.6 is 0 Å². The first-order chi connectivity index (χ1) is 12.8. The van der Waals surface area contributed by atoms with Crippen molar-refractivity contribution in [3.63, 3.8) is 0 Å². The Balaban J connectivity index is 2.01. The smallest absolute Gasteiger partial charge is 0.417 e. The predicted octanol–water partition coefficient (Wildman–Crippen LogP) is 4.58. The van der Waals surface area contributed by atoms with Gasteiger partial charge in [0.1, 0.15) is 11.2 Å². The van der Waals surface area contributed by atoms with E-state index in [0.717, 1.165) is 10.5 Å². The molecule has 28 heavy (non-hydrogen) atoms. The first-order valence-electron chi connectivity index (χ1n) is 9.17. The summed E-state index contributed by atoms with van der Waals surface area (Å²) < 4.78 is 10.5. The lowest BCUT2D eigenvalue weighted by Gasteiger charge is -2.37. The highest BCUT2D eigenvalue weighted by molar-refractivity contribution is 5.98. The lowest BCUT2D eigenvalue weighted by molar-refractivity contribution is -0.141. The summed E-state index contributed by atoms with van der Waals surface area (Å²) in [7, 11) is 0. The third-order valence-electron chi connectivity index (χ3n) is 3.62. The number of rotatable bonds is 3. The monoisotopic (exact) mass is 388 g/mol. The van der Waals surface area contributed by atoms with Crippen LogP contribution in [0.1, 0.15) is 53.5 Å². The first-order valence-corrected chi connectivity index (χ1v) is 9.17. The van der Waals surface area contributed by atoms with Gasteiger partial charge in [-0.15, -0.1) is 0 Å². The number of likely N-dealkylation sites (tertiary alicyclic amines) is 1. The Morgan fingerprint density at radius 3 is 2.32 bits per heavy atom. The zero-order valence-corrected chi connectivity index (χ0v) is 17.2. The van der Waals surface area contributed by atoms with Crippen LogP contribution in [0.25, 0.3) is 6.08 Å². The van der Waals surface area contributed by atoms with Crippen molar-refractivity contribution in [3.05, 3.63) is 35.9 Å². The minimum Gasteiger partial charge on any atom is -0.444 e. The summed E-state index contributed by atoms with van der Waals surface area (Å²) in [6.07, 6.45) is 2.66. The van der Waals surface area contributed by atoms with Gasteiger partial charge in [0.25, 0.3) is 0 Å². The van der Waals surface area contributed by atoms with Crippen LogP contribution in [0, 0.1) is 0 Å². The van der Waals surface area contributed by atoms with Crippen LogP contribution in [0.2, 0.25) is 0 Å². The Kier molecular flexibility index (Phi) is 6.17. The van der Waals surface area contributed by atoms with Crippen molar-refractivity contribution in [1.82, 2.24) is 4.90 Å². The van der Waals surface area contributed by atoms with Gasteiger partial charge in [-0.3, -0.25) is 10.1 Å². The molecule has 0 aliphatic carbocycles. The standard InChI is InChI=1S/C21H28N2O5/c1-20(2,3)27-18(25)22-15-9-7-8-14(12-15)10-11-16-13-17(24)23(16)19(26)28-21(4,5)6/h7-12,16H,13H2,1-6H3,(H,22,25)/b11-10+. The molecule has 3 amide bonds. The van der Waals surface area contributed by atoms with E-state index in [9.17, 15) is 14.4 Å². The van der Waals surface area contributed by atoms with Crippen LogP contribution in [0.3, 0.4) is 0 Å². The fraction of sp³-hybridized carbons (Fsp3) is 0.476. The summed E-state index contributed by atoms with van der Waals surface area (Å²) in [6.45, 7) is 10.6. The maximum atomic E-state index is 12.2. The van der Waals surface area contributed by atoms with Crippen LogP contribution < -0.4 is 5.32 Å². The molecule has 0 aromatic heterocycles. The van der Waals surface area contributed by atoms with E-state index in [1.165, 1.54) is 0 Å². The molecule has 2 rings (SSSR count). The van der Waals surface area contributed by atoms with Gasteiger partial charge in [-0.05, 0) is 59.2 Å². The van der Waals surface area contributed by atoms with Gasteiger partial charge in [0, 0.05) is 5.69 Å². The van der Waals surface area contributed by atoms with E-state index in [-0.39, 0.29) is 18.4 Å².